The Morgan fingerprint density at radius 3 is 2.65 bits per heavy atom. The SMILES string of the molecule is Cc1nn(Cc2ccccc2Br)c(Cl)c1CCl. The average molecular weight is 334 g/mol. The molecule has 0 radical (unpaired) electrons. The quantitative estimate of drug-likeness (QED) is 0.761. The summed E-state index contributed by atoms with van der Waals surface area (Å²) in [5.74, 6) is 0.390. The Kier molecular flexibility index (Phi) is 4.13. The van der Waals surface area contributed by atoms with Crippen LogP contribution in [0.2, 0.25) is 5.15 Å². The molecule has 0 spiro atoms. The number of nitrogens with zero attached hydrogens (tertiary/aromatic N) is 2. The number of hydrogen-bond acceptors (Lipinski definition) is 1. The van der Waals surface area contributed by atoms with E-state index in [1.165, 1.54) is 0 Å². The van der Waals surface area contributed by atoms with Gasteiger partial charge in [0.25, 0.3) is 0 Å². The number of aromatic nitrogens is 2. The molecule has 0 aliphatic carbocycles. The predicted octanol–water partition coefficient (Wildman–Crippen LogP) is 4.39. The molecule has 2 rings (SSSR count). The van der Waals surface area contributed by atoms with E-state index in [1.807, 2.05) is 31.2 Å². The van der Waals surface area contributed by atoms with Crippen LogP contribution in [0.1, 0.15) is 16.8 Å². The average Bonchev–Trinajstić information content (AvgIpc) is 2.57. The number of rotatable bonds is 3. The highest BCUT2D eigenvalue weighted by molar-refractivity contribution is 9.10. The van der Waals surface area contributed by atoms with Gasteiger partial charge in [0.15, 0.2) is 0 Å². The molecular formula is C12H11BrCl2N2. The Bertz CT molecular complexity index is 537. The van der Waals surface area contributed by atoms with E-state index in [0.717, 1.165) is 21.3 Å². The van der Waals surface area contributed by atoms with Crippen LogP contribution in [-0.2, 0) is 12.4 Å². The topological polar surface area (TPSA) is 17.8 Å². The van der Waals surface area contributed by atoms with Crippen LogP contribution >= 0.6 is 39.1 Å². The summed E-state index contributed by atoms with van der Waals surface area (Å²) in [5.41, 5.74) is 2.93. The number of aryl methyl sites for hydroxylation is 1. The summed E-state index contributed by atoms with van der Waals surface area (Å²) in [6.07, 6.45) is 0. The highest BCUT2D eigenvalue weighted by Gasteiger charge is 2.13. The minimum atomic E-state index is 0.390. The first-order valence-electron chi connectivity index (χ1n) is 5.14. The van der Waals surface area contributed by atoms with Gasteiger partial charge in [-0.3, -0.25) is 0 Å². The molecule has 0 bridgehead atoms. The van der Waals surface area contributed by atoms with Gasteiger partial charge >= 0.3 is 0 Å². The van der Waals surface area contributed by atoms with E-state index < -0.39 is 0 Å². The first-order chi connectivity index (χ1) is 8.13. The molecular weight excluding hydrogens is 323 g/mol. The fourth-order valence-corrected chi connectivity index (χ4v) is 2.73. The predicted molar refractivity (Wildman–Crippen MR) is 74.8 cm³/mol. The molecule has 1 aromatic carbocycles. The Labute approximate surface area is 119 Å². The maximum Gasteiger partial charge on any atom is 0.132 e. The van der Waals surface area contributed by atoms with Crippen molar-refractivity contribution in [3.63, 3.8) is 0 Å². The first-order valence-corrected chi connectivity index (χ1v) is 6.85. The van der Waals surface area contributed by atoms with Gasteiger partial charge in [-0.2, -0.15) is 5.10 Å². The lowest BCUT2D eigenvalue weighted by atomic mass is 10.2. The van der Waals surface area contributed by atoms with Crippen LogP contribution in [-0.4, -0.2) is 9.78 Å². The molecule has 0 aliphatic rings. The Morgan fingerprint density at radius 1 is 1.35 bits per heavy atom. The van der Waals surface area contributed by atoms with Gasteiger partial charge in [0, 0.05) is 10.0 Å². The van der Waals surface area contributed by atoms with E-state index in [9.17, 15) is 0 Å². The van der Waals surface area contributed by atoms with Gasteiger partial charge in [-0.15, -0.1) is 11.6 Å². The second-order valence-corrected chi connectivity index (χ2v) is 5.22. The third kappa shape index (κ3) is 2.67. The molecule has 0 N–H and O–H groups in total. The lowest BCUT2D eigenvalue weighted by Crippen LogP contribution is -2.02. The Balaban J connectivity index is 2.34. The molecule has 1 aromatic heterocycles. The van der Waals surface area contributed by atoms with Crippen molar-refractivity contribution in [2.75, 3.05) is 0 Å². The highest BCUT2D eigenvalue weighted by Crippen LogP contribution is 2.24. The zero-order valence-corrected chi connectivity index (χ0v) is 12.3. The standard InChI is InChI=1S/C12H11BrCl2N2/c1-8-10(6-14)12(15)17(16-8)7-9-4-2-3-5-11(9)13/h2-5H,6-7H2,1H3. The van der Waals surface area contributed by atoms with E-state index in [2.05, 4.69) is 21.0 Å². The van der Waals surface area contributed by atoms with Gasteiger partial charge in [-0.05, 0) is 18.6 Å². The third-order valence-electron chi connectivity index (χ3n) is 2.59. The van der Waals surface area contributed by atoms with Crippen molar-refractivity contribution >= 4 is 39.1 Å². The van der Waals surface area contributed by atoms with Gasteiger partial charge in [0.1, 0.15) is 5.15 Å². The monoisotopic (exact) mass is 332 g/mol. The molecule has 0 amide bonds. The van der Waals surface area contributed by atoms with Crippen molar-refractivity contribution < 1.29 is 0 Å². The minimum absolute atomic E-state index is 0.390. The summed E-state index contributed by atoms with van der Waals surface area (Å²) < 4.78 is 2.82. The van der Waals surface area contributed by atoms with Gasteiger partial charge in [0.05, 0.1) is 18.1 Å². The van der Waals surface area contributed by atoms with Crippen molar-refractivity contribution in [3.05, 3.63) is 50.7 Å². The molecule has 0 atom stereocenters. The zero-order chi connectivity index (χ0) is 12.4. The fourth-order valence-electron chi connectivity index (χ4n) is 1.63. The van der Waals surface area contributed by atoms with Crippen molar-refractivity contribution in [2.24, 2.45) is 0 Å². The number of halogens is 3. The van der Waals surface area contributed by atoms with Crippen LogP contribution in [0.5, 0.6) is 0 Å². The first kappa shape index (κ1) is 12.9. The molecule has 2 nitrogen and oxygen atoms in total. The maximum absolute atomic E-state index is 6.23. The highest BCUT2D eigenvalue weighted by atomic mass is 79.9. The summed E-state index contributed by atoms with van der Waals surface area (Å²) in [5, 5.41) is 5.02. The second-order valence-electron chi connectivity index (χ2n) is 3.74. The lowest BCUT2D eigenvalue weighted by molar-refractivity contribution is 0.678. The Morgan fingerprint density at radius 2 is 2.06 bits per heavy atom. The van der Waals surface area contributed by atoms with Crippen molar-refractivity contribution in [1.29, 1.82) is 0 Å². The summed E-state index contributed by atoms with van der Waals surface area (Å²) in [4.78, 5) is 0. The molecule has 5 heteroatoms. The van der Waals surface area contributed by atoms with E-state index in [0.29, 0.717) is 17.6 Å². The van der Waals surface area contributed by atoms with Gasteiger partial charge in [-0.25, -0.2) is 4.68 Å². The van der Waals surface area contributed by atoms with Crippen LogP contribution in [0.4, 0.5) is 0 Å². The molecule has 17 heavy (non-hydrogen) atoms. The molecule has 0 aliphatic heterocycles. The molecule has 0 saturated carbocycles. The third-order valence-corrected chi connectivity index (χ3v) is 4.06. The molecule has 1 heterocycles. The molecule has 2 aromatic rings. The summed E-state index contributed by atoms with van der Waals surface area (Å²) >= 11 is 15.6. The smallest absolute Gasteiger partial charge is 0.132 e. The van der Waals surface area contributed by atoms with Crippen molar-refractivity contribution in [1.82, 2.24) is 9.78 Å². The van der Waals surface area contributed by atoms with Crippen molar-refractivity contribution in [2.45, 2.75) is 19.3 Å². The van der Waals surface area contributed by atoms with Gasteiger partial charge < -0.3 is 0 Å². The van der Waals surface area contributed by atoms with E-state index in [4.69, 9.17) is 23.2 Å². The zero-order valence-electron chi connectivity index (χ0n) is 9.25. The van der Waals surface area contributed by atoms with E-state index in [-0.39, 0.29) is 0 Å². The summed E-state index contributed by atoms with van der Waals surface area (Å²) in [7, 11) is 0. The van der Waals surface area contributed by atoms with Crippen LogP contribution in [0.15, 0.2) is 28.7 Å². The molecule has 90 valence electrons. The number of hydrogen-bond donors (Lipinski definition) is 0. The minimum Gasteiger partial charge on any atom is -0.249 e. The molecule has 0 unspecified atom stereocenters. The van der Waals surface area contributed by atoms with Gasteiger partial charge in [0.2, 0.25) is 0 Å². The molecule has 0 saturated heterocycles. The largest absolute Gasteiger partial charge is 0.249 e. The van der Waals surface area contributed by atoms with Crippen LogP contribution in [0, 0.1) is 6.92 Å². The van der Waals surface area contributed by atoms with E-state index in [1.54, 1.807) is 4.68 Å². The normalized spacial score (nSPS) is 10.8. The summed E-state index contributed by atoms with van der Waals surface area (Å²) in [6.45, 7) is 2.55. The molecule has 0 fully saturated rings. The van der Waals surface area contributed by atoms with Crippen LogP contribution in [0.25, 0.3) is 0 Å². The number of benzene rings is 1. The fraction of sp³-hybridized carbons (Fsp3) is 0.250. The van der Waals surface area contributed by atoms with Gasteiger partial charge in [-0.1, -0.05) is 45.7 Å². The second kappa shape index (κ2) is 5.42. The van der Waals surface area contributed by atoms with Crippen LogP contribution in [0.3, 0.4) is 0 Å². The Hall–Kier alpha value is -0.510. The maximum atomic E-state index is 6.23. The van der Waals surface area contributed by atoms with Crippen molar-refractivity contribution in [3.8, 4) is 0 Å². The summed E-state index contributed by atoms with van der Waals surface area (Å²) in [6, 6.07) is 8.01. The van der Waals surface area contributed by atoms with E-state index >= 15 is 0 Å². The van der Waals surface area contributed by atoms with Crippen LogP contribution < -0.4 is 0 Å². The lowest BCUT2D eigenvalue weighted by Gasteiger charge is -2.05. The number of alkyl halides is 1.